The van der Waals surface area contributed by atoms with Crippen LogP contribution in [0.2, 0.25) is 0 Å². The Morgan fingerprint density at radius 1 is 0.731 bits per heavy atom. The lowest BCUT2D eigenvalue weighted by Crippen LogP contribution is -2.43. The molecule has 1 fully saturated rings. The van der Waals surface area contributed by atoms with Crippen molar-refractivity contribution in [1.82, 2.24) is 5.32 Å². The van der Waals surface area contributed by atoms with E-state index in [2.05, 4.69) is 41.7 Å². The minimum atomic E-state index is -0.0419. The van der Waals surface area contributed by atoms with Crippen LogP contribution in [0, 0.1) is 5.92 Å². The molecule has 3 aromatic carbocycles. The highest BCUT2D eigenvalue weighted by Gasteiger charge is 2.37. The number of carbonyl (C=O) groups excluding carboxylic acids is 1. The standard InChI is InChI=1S/C24H23NO/c26-23-17-22(19-12-6-2-7-13-19)25-24(20-14-8-3-9-15-20)21(23)16-18-10-4-1-5-11-18/h1-15,21-22,24-25H,16-17H2/t21-,22+,24+/m1/s1. The molecule has 2 nitrogen and oxygen atoms in total. The van der Waals surface area contributed by atoms with E-state index in [0.717, 1.165) is 6.42 Å². The molecule has 0 saturated carbocycles. The van der Waals surface area contributed by atoms with Crippen molar-refractivity contribution in [3.63, 3.8) is 0 Å². The molecule has 0 aliphatic carbocycles. The average molecular weight is 341 g/mol. The Labute approximate surface area is 154 Å². The molecule has 0 bridgehead atoms. The van der Waals surface area contributed by atoms with Gasteiger partial charge in [-0.25, -0.2) is 0 Å². The summed E-state index contributed by atoms with van der Waals surface area (Å²) in [7, 11) is 0. The van der Waals surface area contributed by atoms with Crippen LogP contribution >= 0.6 is 0 Å². The van der Waals surface area contributed by atoms with Gasteiger partial charge in [0.1, 0.15) is 5.78 Å². The highest BCUT2D eigenvalue weighted by molar-refractivity contribution is 5.84. The van der Waals surface area contributed by atoms with Crippen molar-refractivity contribution < 1.29 is 4.79 Å². The topological polar surface area (TPSA) is 29.1 Å². The first-order valence-corrected chi connectivity index (χ1v) is 9.24. The predicted molar refractivity (Wildman–Crippen MR) is 105 cm³/mol. The van der Waals surface area contributed by atoms with Gasteiger partial charge in [-0.2, -0.15) is 0 Å². The molecule has 26 heavy (non-hydrogen) atoms. The van der Waals surface area contributed by atoms with E-state index in [-0.39, 0.29) is 18.0 Å². The molecular weight excluding hydrogens is 318 g/mol. The molecule has 0 spiro atoms. The summed E-state index contributed by atoms with van der Waals surface area (Å²) < 4.78 is 0. The van der Waals surface area contributed by atoms with Crippen LogP contribution in [-0.4, -0.2) is 5.78 Å². The smallest absolute Gasteiger partial charge is 0.140 e. The van der Waals surface area contributed by atoms with Crippen molar-refractivity contribution in [3.05, 3.63) is 108 Å². The number of piperidine rings is 1. The fourth-order valence-corrected chi connectivity index (χ4v) is 3.92. The largest absolute Gasteiger partial charge is 0.302 e. The fourth-order valence-electron chi connectivity index (χ4n) is 3.92. The van der Waals surface area contributed by atoms with Crippen LogP contribution in [0.3, 0.4) is 0 Å². The third kappa shape index (κ3) is 3.61. The van der Waals surface area contributed by atoms with Crippen molar-refractivity contribution in [3.8, 4) is 0 Å². The summed E-state index contributed by atoms with van der Waals surface area (Å²) in [4.78, 5) is 13.1. The van der Waals surface area contributed by atoms with Crippen molar-refractivity contribution in [1.29, 1.82) is 0 Å². The first-order chi connectivity index (χ1) is 12.8. The molecule has 0 amide bonds. The van der Waals surface area contributed by atoms with Gasteiger partial charge in [-0.3, -0.25) is 4.79 Å². The van der Waals surface area contributed by atoms with Gasteiger partial charge in [-0.15, -0.1) is 0 Å². The Bertz CT molecular complexity index is 845. The van der Waals surface area contributed by atoms with Crippen LogP contribution in [-0.2, 0) is 11.2 Å². The van der Waals surface area contributed by atoms with Crippen molar-refractivity contribution in [2.24, 2.45) is 5.92 Å². The maximum atomic E-state index is 13.1. The Hall–Kier alpha value is -2.71. The summed E-state index contributed by atoms with van der Waals surface area (Å²) in [6, 6.07) is 31.1. The highest BCUT2D eigenvalue weighted by Crippen LogP contribution is 2.36. The van der Waals surface area contributed by atoms with Gasteiger partial charge in [0.2, 0.25) is 0 Å². The van der Waals surface area contributed by atoms with E-state index in [4.69, 9.17) is 0 Å². The van der Waals surface area contributed by atoms with Crippen LogP contribution in [0.5, 0.6) is 0 Å². The number of ketones is 1. The van der Waals surface area contributed by atoms with Gasteiger partial charge in [-0.05, 0) is 23.1 Å². The first kappa shape index (κ1) is 16.7. The minimum Gasteiger partial charge on any atom is -0.302 e. The predicted octanol–water partition coefficient (Wildman–Crippen LogP) is 4.89. The number of hydrogen-bond acceptors (Lipinski definition) is 2. The number of benzene rings is 3. The van der Waals surface area contributed by atoms with Gasteiger partial charge in [-0.1, -0.05) is 91.0 Å². The third-order valence-electron chi connectivity index (χ3n) is 5.26. The number of nitrogens with one attached hydrogen (secondary N) is 1. The summed E-state index contributed by atoms with van der Waals surface area (Å²) >= 11 is 0. The second kappa shape index (κ2) is 7.67. The Morgan fingerprint density at radius 3 is 1.88 bits per heavy atom. The van der Waals surface area contributed by atoms with E-state index in [1.807, 2.05) is 54.6 Å². The number of carbonyl (C=O) groups is 1. The molecule has 130 valence electrons. The SMILES string of the molecule is O=C1C[C@@H](c2ccccc2)N[C@@H](c2ccccc2)[C@@H]1Cc1ccccc1. The van der Waals surface area contributed by atoms with E-state index >= 15 is 0 Å². The van der Waals surface area contributed by atoms with E-state index in [0.29, 0.717) is 12.2 Å². The van der Waals surface area contributed by atoms with E-state index in [1.165, 1.54) is 16.7 Å². The summed E-state index contributed by atoms with van der Waals surface area (Å²) in [5, 5.41) is 3.77. The zero-order valence-electron chi connectivity index (χ0n) is 14.7. The minimum absolute atomic E-state index is 0.0304. The van der Waals surface area contributed by atoms with E-state index < -0.39 is 0 Å². The number of hydrogen-bond donors (Lipinski definition) is 1. The van der Waals surface area contributed by atoms with Crippen molar-refractivity contribution in [2.45, 2.75) is 24.9 Å². The fraction of sp³-hybridized carbons (Fsp3) is 0.208. The van der Waals surface area contributed by atoms with Gasteiger partial charge >= 0.3 is 0 Å². The molecule has 0 radical (unpaired) electrons. The molecule has 1 aliphatic heterocycles. The zero-order valence-corrected chi connectivity index (χ0v) is 14.7. The Kier molecular flexibility index (Phi) is 4.94. The van der Waals surface area contributed by atoms with Crippen LogP contribution in [0.25, 0.3) is 0 Å². The van der Waals surface area contributed by atoms with Gasteiger partial charge in [0.05, 0.1) is 0 Å². The maximum Gasteiger partial charge on any atom is 0.140 e. The van der Waals surface area contributed by atoms with Gasteiger partial charge < -0.3 is 5.32 Å². The number of rotatable bonds is 4. The molecule has 0 unspecified atom stereocenters. The van der Waals surface area contributed by atoms with Gasteiger partial charge in [0, 0.05) is 24.4 Å². The normalized spacial score (nSPS) is 22.9. The quantitative estimate of drug-likeness (QED) is 0.732. The third-order valence-corrected chi connectivity index (χ3v) is 5.26. The van der Waals surface area contributed by atoms with Gasteiger partial charge in [0.15, 0.2) is 0 Å². The number of Topliss-reactive ketones (excluding diaryl/α,β-unsaturated/α-hetero) is 1. The molecule has 1 saturated heterocycles. The lowest BCUT2D eigenvalue weighted by Gasteiger charge is -2.37. The lowest BCUT2D eigenvalue weighted by molar-refractivity contribution is -0.126. The maximum absolute atomic E-state index is 13.1. The Morgan fingerprint density at radius 2 is 1.27 bits per heavy atom. The van der Waals surface area contributed by atoms with Crippen LogP contribution in [0.1, 0.15) is 35.2 Å². The highest BCUT2D eigenvalue weighted by atomic mass is 16.1. The van der Waals surface area contributed by atoms with Crippen molar-refractivity contribution >= 4 is 5.78 Å². The van der Waals surface area contributed by atoms with Crippen molar-refractivity contribution in [2.75, 3.05) is 0 Å². The molecule has 1 heterocycles. The summed E-state index contributed by atoms with van der Waals surface area (Å²) in [5.41, 5.74) is 3.58. The van der Waals surface area contributed by atoms with Gasteiger partial charge in [0.25, 0.3) is 0 Å². The molecule has 1 N–H and O–H groups in total. The van der Waals surface area contributed by atoms with E-state index in [9.17, 15) is 4.79 Å². The summed E-state index contributed by atoms with van der Waals surface area (Å²) in [5.74, 6) is 0.301. The van der Waals surface area contributed by atoms with E-state index in [1.54, 1.807) is 0 Å². The lowest BCUT2D eigenvalue weighted by atomic mass is 9.78. The second-order valence-corrected chi connectivity index (χ2v) is 6.98. The molecular formula is C24H23NO. The molecule has 4 rings (SSSR count). The molecule has 0 aromatic heterocycles. The monoisotopic (exact) mass is 341 g/mol. The summed E-state index contributed by atoms with van der Waals surface area (Å²) in [6.45, 7) is 0. The zero-order chi connectivity index (χ0) is 17.8. The molecule has 3 atom stereocenters. The van der Waals surface area contributed by atoms with Crippen LogP contribution in [0.4, 0.5) is 0 Å². The molecule has 1 aliphatic rings. The Balaban J connectivity index is 1.65. The van der Waals surface area contributed by atoms with Crippen LogP contribution in [0.15, 0.2) is 91.0 Å². The molecule has 2 heteroatoms. The first-order valence-electron chi connectivity index (χ1n) is 9.24. The second-order valence-electron chi connectivity index (χ2n) is 6.98. The van der Waals surface area contributed by atoms with Crippen LogP contribution < -0.4 is 5.32 Å². The summed E-state index contributed by atoms with van der Waals surface area (Å²) in [6.07, 6.45) is 1.32. The average Bonchev–Trinajstić information content (AvgIpc) is 2.71. The molecule has 3 aromatic rings.